The molecule has 27 heavy (non-hydrogen) atoms. The Hall–Kier alpha value is -1.92. The summed E-state index contributed by atoms with van der Waals surface area (Å²) in [5.41, 5.74) is 0.697. The van der Waals surface area contributed by atoms with Crippen molar-refractivity contribution in [2.45, 2.75) is 38.6 Å². The fourth-order valence-electron chi connectivity index (χ4n) is 3.34. The van der Waals surface area contributed by atoms with Gasteiger partial charge in [0.15, 0.2) is 0 Å². The van der Waals surface area contributed by atoms with Crippen LogP contribution in [0.4, 0.5) is 5.69 Å². The van der Waals surface area contributed by atoms with Gasteiger partial charge in [0.05, 0.1) is 4.92 Å². The molecule has 0 atom stereocenters. The molecule has 0 aromatic heterocycles. The average Bonchev–Trinajstić information content (AvgIpc) is 2.61. The lowest BCUT2D eigenvalue weighted by molar-refractivity contribution is -0.384. The van der Waals surface area contributed by atoms with Crippen molar-refractivity contribution in [3.05, 3.63) is 46.0 Å². The van der Waals surface area contributed by atoms with Crippen LogP contribution < -0.4 is 0 Å². The summed E-state index contributed by atoms with van der Waals surface area (Å²) in [6.45, 7) is 3.79. The van der Waals surface area contributed by atoms with Crippen LogP contribution in [0, 0.1) is 16.0 Å². The Morgan fingerprint density at radius 3 is 2.48 bits per heavy atom. The predicted molar refractivity (Wildman–Crippen MR) is 111 cm³/mol. The zero-order valence-electron chi connectivity index (χ0n) is 16.3. The van der Waals surface area contributed by atoms with Gasteiger partial charge in [0.2, 0.25) is 5.91 Å². The van der Waals surface area contributed by atoms with E-state index in [4.69, 9.17) is 0 Å². The lowest BCUT2D eigenvalue weighted by Crippen LogP contribution is -2.44. The molecule has 0 heterocycles. The van der Waals surface area contributed by atoms with E-state index in [9.17, 15) is 14.9 Å². The number of nitrogens with zero attached hydrogens (tertiary/aromatic N) is 3. The number of likely N-dealkylation sites (N-methyl/N-ethyl adjacent to an activating group) is 1. The highest BCUT2D eigenvalue weighted by molar-refractivity contribution is 5.92. The van der Waals surface area contributed by atoms with Crippen molar-refractivity contribution >= 4 is 30.1 Å². The number of nitro groups is 1. The highest BCUT2D eigenvalue weighted by Gasteiger charge is 2.26. The minimum Gasteiger partial charge on any atom is -0.335 e. The summed E-state index contributed by atoms with van der Waals surface area (Å²) in [5.74, 6) is 0.718. The number of hydrogen-bond acceptors (Lipinski definition) is 4. The van der Waals surface area contributed by atoms with Gasteiger partial charge in [-0.2, -0.15) is 0 Å². The Morgan fingerprint density at radius 1 is 1.22 bits per heavy atom. The van der Waals surface area contributed by atoms with Gasteiger partial charge in [0, 0.05) is 37.3 Å². The molecule has 0 bridgehead atoms. The molecule has 0 aliphatic heterocycles. The summed E-state index contributed by atoms with van der Waals surface area (Å²) in [7, 11) is 4.01. The summed E-state index contributed by atoms with van der Waals surface area (Å²) >= 11 is 0. The van der Waals surface area contributed by atoms with Crippen LogP contribution in [-0.4, -0.2) is 53.9 Å². The van der Waals surface area contributed by atoms with E-state index in [1.807, 2.05) is 19.0 Å². The van der Waals surface area contributed by atoms with Gasteiger partial charge in [-0.1, -0.05) is 19.1 Å². The quantitative estimate of drug-likeness (QED) is 0.397. The van der Waals surface area contributed by atoms with E-state index in [1.54, 1.807) is 24.3 Å². The van der Waals surface area contributed by atoms with Gasteiger partial charge in [-0.05, 0) is 57.3 Å². The lowest BCUT2D eigenvalue weighted by atomic mass is 9.86. The second kappa shape index (κ2) is 11.0. The maximum absolute atomic E-state index is 12.8. The van der Waals surface area contributed by atoms with Crippen LogP contribution in [0.1, 0.15) is 38.2 Å². The highest BCUT2D eigenvalue weighted by Crippen LogP contribution is 2.27. The molecule has 0 N–H and O–H groups in total. The summed E-state index contributed by atoms with van der Waals surface area (Å²) < 4.78 is 0. The number of nitro benzene ring substituents is 1. The molecule has 2 rings (SSSR count). The van der Waals surface area contributed by atoms with E-state index in [0.717, 1.165) is 38.1 Å². The first-order valence-electron chi connectivity index (χ1n) is 9.24. The zero-order chi connectivity index (χ0) is 19.1. The number of amides is 1. The van der Waals surface area contributed by atoms with Crippen molar-refractivity contribution in [2.24, 2.45) is 5.92 Å². The summed E-state index contributed by atoms with van der Waals surface area (Å²) in [5, 5.41) is 10.9. The number of hydrogen-bond donors (Lipinski definition) is 0. The number of carbonyl (C=O) groups is 1. The molecule has 1 aliphatic rings. The van der Waals surface area contributed by atoms with Crippen LogP contribution in [-0.2, 0) is 4.79 Å². The summed E-state index contributed by atoms with van der Waals surface area (Å²) in [6, 6.07) is 6.62. The number of rotatable bonds is 7. The minimum absolute atomic E-state index is 0. The Balaban J connectivity index is 0.00000364. The van der Waals surface area contributed by atoms with Crippen LogP contribution in [0.15, 0.2) is 30.3 Å². The van der Waals surface area contributed by atoms with E-state index < -0.39 is 4.92 Å². The van der Waals surface area contributed by atoms with Gasteiger partial charge in [-0.25, -0.2) is 0 Å². The SMILES string of the molecule is CN(C)CCN(C(=O)C=Cc1cccc([N+](=O)[O-])c1)[C@H]1CC[C@H](C)CC1.Cl. The fourth-order valence-corrected chi connectivity index (χ4v) is 3.34. The minimum atomic E-state index is -0.425. The number of carbonyl (C=O) groups excluding carboxylic acids is 1. The number of halogens is 1. The Bertz CT molecular complexity index is 656. The zero-order valence-corrected chi connectivity index (χ0v) is 17.2. The molecule has 7 heteroatoms. The van der Waals surface area contributed by atoms with Crippen LogP contribution in [0.5, 0.6) is 0 Å². The molecule has 0 saturated heterocycles. The van der Waals surface area contributed by atoms with Crippen molar-refractivity contribution in [1.82, 2.24) is 9.80 Å². The standard InChI is InChI=1S/C20H29N3O3.ClH/c1-16-7-10-18(11-8-16)22(14-13-21(2)3)20(24)12-9-17-5-4-6-19(15-17)23(25)26;/h4-6,9,12,15-16,18H,7-8,10-11,13-14H2,1-3H3;1H/t16-,18-;. The molecule has 1 aromatic rings. The van der Waals surface area contributed by atoms with Crippen molar-refractivity contribution < 1.29 is 9.72 Å². The molecule has 0 unspecified atom stereocenters. The van der Waals surface area contributed by atoms with Crippen LogP contribution in [0.2, 0.25) is 0 Å². The van der Waals surface area contributed by atoms with E-state index in [2.05, 4.69) is 11.8 Å². The first kappa shape index (κ1) is 23.1. The van der Waals surface area contributed by atoms with E-state index in [0.29, 0.717) is 12.1 Å². The maximum Gasteiger partial charge on any atom is 0.270 e. The molecule has 1 aromatic carbocycles. The van der Waals surface area contributed by atoms with Gasteiger partial charge in [0.1, 0.15) is 0 Å². The number of non-ortho nitro benzene ring substituents is 1. The molecule has 0 spiro atoms. The summed E-state index contributed by atoms with van der Waals surface area (Å²) in [4.78, 5) is 27.3. The van der Waals surface area contributed by atoms with E-state index >= 15 is 0 Å². The van der Waals surface area contributed by atoms with Crippen molar-refractivity contribution in [1.29, 1.82) is 0 Å². The molecule has 6 nitrogen and oxygen atoms in total. The van der Waals surface area contributed by atoms with E-state index in [-0.39, 0.29) is 30.0 Å². The molecular weight excluding hydrogens is 366 g/mol. The fraction of sp³-hybridized carbons (Fsp3) is 0.550. The largest absolute Gasteiger partial charge is 0.335 e. The van der Waals surface area contributed by atoms with Crippen LogP contribution >= 0.6 is 12.4 Å². The second-order valence-electron chi connectivity index (χ2n) is 7.43. The van der Waals surface area contributed by atoms with E-state index in [1.165, 1.54) is 12.1 Å². The second-order valence-corrected chi connectivity index (χ2v) is 7.43. The third kappa shape index (κ3) is 7.31. The van der Waals surface area contributed by atoms with Gasteiger partial charge < -0.3 is 9.80 Å². The molecule has 1 aliphatic carbocycles. The molecule has 1 amide bonds. The van der Waals surface area contributed by atoms with Gasteiger partial charge in [-0.15, -0.1) is 12.4 Å². The van der Waals surface area contributed by atoms with Crippen molar-refractivity contribution in [3.63, 3.8) is 0 Å². The van der Waals surface area contributed by atoms with Crippen molar-refractivity contribution in [2.75, 3.05) is 27.2 Å². The van der Waals surface area contributed by atoms with Crippen molar-refractivity contribution in [3.8, 4) is 0 Å². The summed E-state index contributed by atoms with van der Waals surface area (Å²) in [6.07, 6.45) is 7.63. The molecule has 1 saturated carbocycles. The average molecular weight is 396 g/mol. The highest BCUT2D eigenvalue weighted by atomic mass is 35.5. The Kier molecular flexibility index (Phi) is 9.46. The van der Waals surface area contributed by atoms with Gasteiger partial charge >= 0.3 is 0 Å². The third-order valence-electron chi connectivity index (χ3n) is 5.00. The smallest absolute Gasteiger partial charge is 0.270 e. The third-order valence-corrected chi connectivity index (χ3v) is 5.00. The van der Waals surface area contributed by atoms with Crippen LogP contribution in [0.3, 0.4) is 0 Å². The first-order valence-corrected chi connectivity index (χ1v) is 9.24. The predicted octanol–water partition coefficient (Wildman–Crippen LogP) is 4.00. The normalized spacial score (nSPS) is 19.7. The maximum atomic E-state index is 12.8. The topological polar surface area (TPSA) is 66.7 Å². The number of benzene rings is 1. The monoisotopic (exact) mass is 395 g/mol. The van der Waals surface area contributed by atoms with Gasteiger partial charge in [0.25, 0.3) is 5.69 Å². The lowest BCUT2D eigenvalue weighted by Gasteiger charge is -2.36. The molecule has 0 radical (unpaired) electrons. The van der Waals surface area contributed by atoms with Crippen LogP contribution in [0.25, 0.3) is 6.08 Å². The first-order chi connectivity index (χ1) is 12.4. The van der Waals surface area contributed by atoms with Gasteiger partial charge in [-0.3, -0.25) is 14.9 Å². The Morgan fingerprint density at radius 2 is 1.89 bits per heavy atom. The molecule has 1 fully saturated rings. The molecule has 150 valence electrons. The Labute approximate surface area is 167 Å². The molecular formula is C20H30ClN3O3.